The molecular formula is C10H16F2N4O. The van der Waals surface area contributed by atoms with Gasteiger partial charge in [-0.2, -0.15) is 0 Å². The van der Waals surface area contributed by atoms with Crippen LogP contribution in [0.5, 0.6) is 0 Å². The van der Waals surface area contributed by atoms with Crippen molar-refractivity contribution in [2.24, 2.45) is 0 Å². The molecule has 0 atom stereocenters. The second kappa shape index (κ2) is 6.95. The number of aromatic nitrogens is 2. The second-order valence-electron chi connectivity index (χ2n) is 3.33. The van der Waals surface area contributed by atoms with Gasteiger partial charge in [-0.1, -0.05) is 0 Å². The molecule has 1 heterocycles. The number of nitrogens with zero attached hydrogens (tertiary/aromatic N) is 2. The van der Waals surface area contributed by atoms with E-state index in [0.717, 1.165) is 0 Å². The smallest absolute Gasteiger partial charge is 0.261 e. The predicted octanol–water partition coefficient (Wildman–Crippen LogP) is 1.52. The first-order chi connectivity index (χ1) is 8.11. The van der Waals surface area contributed by atoms with Gasteiger partial charge in [0.1, 0.15) is 24.1 Å². The summed E-state index contributed by atoms with van der Waals surface area (Å²) in [5, 5.41) is 5.88. The third kappa shape index (κ3) is 5.39. The van der Waals surface area contributed by atoms with Gasteiger partial charge in [-0.3, -0.25) is 0 Å². The lowest BCUT2D eigenvalue weighted by Crippen LogP contribution is -2.14. The van der Waals surface area contributed by atoms with E-state index in [1.807, 2.05) is 0 Å². The van der Waals surface area contributed by atoms with Crippen LogP contribution in [0.25, 0.3) is 0 Å². The molecule has 17 heavy (non-hydrogen) atoms. The molecule has 5 nitrogen and oxygen atoms in total. The van der Waals surface area contributed by atoms with Crippen LogP contribution in [0.4, 0.5) is 20.4 Å². The van der Waals surface area contributed by atoms with Crippen molar-refractivity contribution < 1.29 is 13.5 Å². The summed E-state index contributed by atoms with van der Waals surface area (Å²) in [6.07, 6.45) is -2.42. The van der Waals surface area contributed by atoms with Crippen molar-refractivity contribution >= 4 is 11.6 Å². The molecular weight excluding hydrogens is 230 g/mol. The Bertz CT molecular complexity index is 349. The van der Waals surface area contributed by atoms with Gasteiger partial charge in [-0.15, -0.1) is 0 Å². The van der Waals surface area contributed by atoms with Gasteiger partial charge in [0.15, 0.2) is 0 Å². The lowest BCUT2D eigenvalue weighted by molar-refractivity contribution is 0.0215. The molecule has 0 aliphatic heterocycles. The maximum absolute atomic E-state index is 11.8. The minimum absolute atomic E-state index is 0.211. The van der Waals surface area contributed by atoms with Gasteiger partial charge in [-0.05, 0) is 6.92 Å². The van der Waals surface area contributed by atoms with Crippen LogP contribution >= 0.6 is 0 Å². The zero-order valence-electron chi connectivity index (χ0n) is 9.83. The summed E-state index contributed by atoms with van der Waals surface area (Å²) in [5.41, 5.74) is 0. The second-order valence-corrected chi connectivity index (χ2v) is 3.33. The molecule has 0 aliphatic carbocycles. The third-order valence-corrected chi connectivity index (χ3v) is 1.89. The summed E-state index contributed by atoms with van der Waals surface area (Å²) in [7, 11) is 1.76. The molecule has 1 aromatic rings. The number of halogens is 2. The normalized spacial score (nSPS) is 10.6. The van der Waals surface area contributed by atoms with Crippen molar-refractivity contribution in [1.82, 2.24) is 9.97 Å². The van der Waals surface area contributed by atoms with Gasteiger partial charge in [0.25, 0.3) is 6.43 Å². The Kier molecular flexibility index (Phi) is 5.55. The van der Waals surface area contributed by atoms with Crippen molar-refractivity contribution in [3.63, 3.8) is 0 Å². The Morgan fingerprint density at radius 3 is 2.71 bits per heavy atom. The summed E-state index contributed by atoms with van der Waals surface area (Å²) in [6, 6.07) is 1.74. The van der Waals surface area contributed by atoms with E-state index in [-0.39, 0.29) is 6.61 Å². The summed E-state index contributed by atoms with van der Waals surface area (Å²) < 4.78 is 28.3. The molecule has 1 aromatic heterocycles. The van der Waals surface area contributed by atoms with Gasteiger partial charge in [0.05, 0.1) is 6.61 Å². The molecule has 7 heteroatoms. The zero-order chi connectivity index (χ0) is 12.7. The van der Waals surface area contributed by atoms with Crippen LogP contribution < -0.4 is 10.6 Å². The fourth-order valence-electron chi connectivity index (χ4n) is 1.21. The van der Waals surface area contributed by atoms with Crippen LogP contribution in [0.1, 0.15) is 5.82 Å². The van der Waals surface area contributed by atoms with E-state index >= 15 is 0 Å². The van der Waals surface area contributed by atoms with Crippen LogP contribution in [-0.4, -0.2) is 43.2 Å². The van der Waals surface area contributed by atoms with Gasteiger partial charge < -0.3 is 15.4 Å². The molecule has 0 aromatic carbocycles. The standard InChI is InChI=1S/C10H16F2N4O/c1-7-15-9(13-2)5-10(16-7)14-3-4-17-6-8(11)12/h5,8H,3-4,6H2,1-2H3,(H2,13,14,15,16). The summed E-state index contributed by atoms with van der Waals surface area (Å²) >= 11 is 0. The highest BCUT2D eigenvalue weighted by molar-refractivity contribution is 5.46. The summed E-state index contributed by atoms with van der Waals surface area (Å²) in [6.45, 7) is 1.88. The van der Waals surface area contributed by atoms with E-state index in [2.05, 4.69) is 20.6 Å². The fraction of sp³-hybridized carbons (Fsp3) is 0.600. The Morgan fingerprint density at radius 1 is 1.35 bits per heavy atom. The van der Waals surface area contributed by atoms with Gasteiger partial charge in [-0.25, -0.2) is 18.7 Å². The number of hydrogen-bond acceptors (Lipinski definition) is 5. The molecule has 0 aliphatic rings. The topological polar surface area (TPSA) is 59.1 Å². The molecule has 2 N–H and O–H groups in total. The summed E-state index contributed by atoms with van der Waals surface area (Å²) in [4.78, 5) is 8.28. The molecule has 0 bridgehead atoms. The van der Waals surface area contributed by atoms with Gasteiger partial charge in [0.2, 0.25) is 0 Å². The van der Waals surface area contributed by atoms with Crippen molar-refractivity contribution in [2.45, 2.75) is 13.3 Å². The van der Waals surface area contributed by atoms with Crippen LogP contribution in [0.3, 0.4) is 0 Å². The Balaban J connectivity index is 2.33. The number of rotatable bonds is 7. The molecule has 0 unspecified atom stereocenters. The van der Waals surface area contributed by atoms with E-state index in [1.165, 1.54) is 0 Å². The SMILES string of the molecule is CNc1cc(NCCOCC(F)F)nc(C)n1. The van der Waals surface area contributed by atoms with Crippen molar-refractivity contribution in [3.8, 4) is 0 Å². The molecule has 1 rings (SSSR count). The molecule has 96 valence electrons. The lowest BCUT2D eigenvalue weighted by atomic mass is 10.5. The minimum atomic E-state index is -2.42. The largest absolute Gasteiger partial charge is 0.374 e. The molecule has 0 fully saturated rings. The van der Waals surface area contributed by atoms with E-state index in [9.17, 15) is 8.78 Å². The van der Waals surface area contributed by atoms with Crippen molar-refractivity contribution in [2.75, 3.05) is 37.4 Å². The predicted molar refractivity (Wildman–Crippen MR) is 61.6 cm³/mol. The Labute approximate surface area is 98.6 Å². The average molecular weight is 246 g/mol. The number of alkyl halides is 2. The number of hydrogen-bond donors (Lipinski definition) is 2. The number of aryl methyl sites for hydroxylation is 1. The zero-order valence-corrected chi connectivity index (χ0v) is 9.83. The van der Waals surface area contributed by atoms with Crippen molar-refractivity contribution in [3.05, 3.63) is 11.9 Å². The molecule has 0 radical (unpaired) electrons. The maximum atomic E-state index is 11.8. The number of nitrogens with one attached hydrogen (secondary N) is 2. The molecule has 0 saturated carbocycles. The highest BCUT2D eigenvalue weighted by Gasteiger charge is 2.02. The third-order valence-electron chi connectivity index (χ3n) is 1.89. The van der Waals surface area contributed by atoms with Gasteiger partial charge in [0, 0.05) is 19.7 Å². The van der Waals surface area contributed by atoms with Crippen LogP contribution in [0, 0.1) is 6.92 Å². The molecule has 0 amide bonds. The first kappa shape index (κ1) is 13.6. The Hall–Kier alpha value is -1.50. The van der Waals surface area contributed by atoms with E-state index < -0.39 is 13.0 Å². The van der Waals surface area contributed by atoms with Gasteiger partial charge >= 0.3 is 0 Å². The van der Waals surface area contributed by atoms with Crippen LogP contribution in [0.15, 0.2) is 6.07 Å². The van der Waals surface area contributed by atoms with E-state index in [1.54, 1.807) is 20.0 Å². The van der Waals surface area contributed by atoms with Crippen LogP contribution in [-0.2, 0) is 4.74 Å². The fourth-order valence-corrected chi connectivity index (χ4v) is 1.21. The Morgan fingerprint density at radius 2 is 2.06 bits per heavy atom. The monoisotopic (exact) mass is 246 g/mol. The first-order valence-electron chi connectivity index (χ1n) is 5.25. The first-order valence-corrected chi connectivity index (χ1v) is 5.25. The van der Waals surface area contributed by atoms with E-state index in [4.69, 9.17) is 4.74 Å². The molecule has 0 saturated heterocycles. The van der Waals surface area contributed by atoms with E-state index in [0.29, 0.717) is 24.0 Å². The lowest BCUT2D eigenvalue weighted by Gasteiger charge is -2.08. The number of ether oxygens (including phenoxy) is 1. The highest BCUT2D eigenvalue weighted by atomic mass is 19.3. The quantitative estimate of drug-likeness (QED) is 0.714. The van der Waals surface area contributed by atoms with Crippen LogP contribution in [0.2, 0.25) is 0 Å². The van der Waals surface area contributed by atoms with Crippen molar-refractivity contribution in [1.29, 1.82) is 0 Å². The maximum Gasteiger partial charge on any atom is 0.261 e. The number of anilines is 2. The average Bonchev–Trinajstić information content (AvgIpc) is 2.27. The molecule has 0 spiro atoms. The minimum Gasteiger partial charge on any atom is -0.374 e. The summed E-state index contributed by atoms with van der Waals surface area (Å²) in [5.74, 6) is 1.98. The highest BCUT2D eigenvalue weighted by Crippen LogP contribution is 2.09.